The molecule has 2 aromatic rings. The number of nitrogens with zero attached hydrogens (tertiary/aromatic N) is 4. The number of fused-ring (bicyclic) bond motifs is 2. The molecule has 220 valence electrons. The molecule has 5 rings (SSSR count). The molecule has 2 saturated heterocycles. The maximum atomic E-state index is 15.1. The van der Waals surface area contributed by atoms with E-state index in [1.807, 2.05) is 18.9 Å². The highest BCUT2D eigenvalue weighted by molar-refractivity contribution is 6.35. The van der Waals surface area contributed by atoms with Gasteiger partial charge >= 0.3 is 0 Å². The fourth-order valence-corrected chi connectivity index (χ4v) is 6.08. The lowest BCUT2D eigenvalue weighted by atomic mass is 10.0. The smallest absolute Gasteiger partial charge is 0.261 e. The first-order valence-corrected chi connectivity index (χ1v) is 13.9. The number of carbonyl (C=O) groups excluding carboxylic acids is 2. The van der Waals surface area contributed by atoms with Crippen LogP contribution in [-0.2, 0) is 4.79 Å². The van der Waals surface area contributed by atoms with E-state index < -0.39 is 29.0 Å². The Morgan fingerprint density at radius 3 is 2.71 bits per heavy atom. The molecule has 0 bridgehead atoms. The molecular formula is C28H33ClF2N6O4. The number of hydrogen-bond donors (Lipinski definition) is 3. The van der Waals surface area contributed by atoms with E-state index in [0.717, 1.165) is 31.6 Å². The summed E-state index contributed by atoms with van der Waals surface area (Å²) >= 11 is 6.75. The van der Waals surface area contributed by atoms with Gasteiger partial charge in [-0.15, -0.1) is 0 Å². The van der Waals surface area contributed by atoms with Gasteiger partial charge < -0.3 is 35.2 Å². The lowest BCUT2D eigenvalue weighted by Crippen LogP contribution is -2.57. The third kappa shape index (κ3) is 5.31. The Morgan fingerprint density at radius 1 is 1.22 bits per heavy atom. The van der Waals surface area contributed by atoms with Crippen LogP contribution in [0, 0.1) is 11.6 Å². The van der Waals surface area contributed by atoms with Gasteiger partial charge in [-0.2, -0.15) is 0 Å². The van der Waals surface area contributed by atoms with E-state index in [4.69, 9.17) is 16.3 Å². The third-order valence-corrected chi connectivity index (χ3v) is 8.26. The van der Waals surface area contributed by atoms with Gasteiger partial charge in [-0.1, -0.05) is 18.2 Å². The van der Waals surface area contributed by atoms with Crippen LogP contribution in [0.3, 0.4) is 0 Å². The zero-order valence-electron chi connectivity index (χ0n) is 22.9. The number of rotatable bonds is 7. The first-order chi connectivity index (χ1) is 19.7. The Morgan fingerprint density at radius 2 is 1.98 bits per heavy atom. The van der Waals surface area contributed by atoms with Crippen LogP contribution in [0.4, 0.5) is 14.6 Å². The Balaban J connectivity index is 1.63. The molecule has 2 amide bonds. The van der Waals surface area contributed by atoms with Crippen molar-refractivity contribution >= 4 is 29.2 Å². The van der Waals surface area contributed by atoms with Crippen molar-refractivity contribution in [3.05, 3.63) is 47.0 Å². The second-order valence-corrected chi connectivity index (χ2v) is 10.9. The van der Waals surface area contributed by atoms with Gasteiger partial charge in [0.25, 0.3) is 5.91 Å². The normalized spacial score (nSPS) is 22.2. The summed E-state index contributed by atoms with van der Waals surface area (Å²) in [6.07, 6.45) is 1.97. The van der Waals surface area contributed by atoms with E-state index in [9.17, 15) is 19.1 Å². The quantitative estimate of drug-likeness (QED) is 0.333. The molecule has 0 radical (unpaired) electrons. The van der Waals surface area contributed by atoms with Gasteiger partial charge in [-0.05, 0) is 38.6 Å². The van der Waals surface area contributed by atoms with Crippen LogP contribution in [-0.4, -0.2) is 103 Å². The molecule has 3 aliphatic rings. The van der Waals surface area contributed by atoms with Gasteiger partial charge in [-0.25, -0.2) is 13.8 Å². The van der Waals surface area contributed by atoms with E-state index in [1.165, 1.54) is 6.08 Å². The average molecular weight is 591 g/mol. The van der Waals surface area contributed by atoms with Gasteiger partial charge in [-0.3, -0.25) is 9.59 Å². The summed E-state index contributed by atoms with van der Waals surface area (Å²) < 4.78 is 35.6. The van der Waals surface area contributed by atoms with Crippen molar-refractivity contribution in [2.45, 2.75) is 31.5 Å². The molecular weight excluding hydrogens is 558 g/mol. The molecule has 0 spiro atoms. The average Bonchev–Trinajstić information content (AvgIpc) is 3.26. The summed E-state index contributed by atoms with van der Waals surface area (Å²) in [4.78, 5) is 36.3. The fraction of sp³-hybridized carbons (Fsp3) is 0.464. The van der Waals surface area contributed by atoms with E-state index >= 15 is 4.39 Å². The number of ether oxygens (including phenoxy) is 1. The van der Waals surface area contributed by atoms with Crippen LogP contribution >= 0.6 is 11.6 Å². The highest BCUT2D eigenvalue weighted by Gasteiger charge is 2.42. The number of aromatic hydroxyl groups is 1. The van der Waals surface area contributed by atoms with Crippen molar-refractivity contribution in [3.8, 4) is 22.8 Å². The van der Waals surface area contributed by atoms with E-state index in [-0.39, 0.29) is 71.4 Å². The highest BCUT2D eigenvalue weighted by Crippen LogP contribution is 2.47. The second kappa shape index (κ2) is 11.8. The third-order valence-electron chi connectivity index (χ3n) is 7.91. The SMILES string of the molecule is C=CC(=O)N1CCN2C(=O)c3c(N4CC(NCCNC)C[C@@H]4C)nc(-c4c(F)ccc(F)c4O)c(Cl)c3OC[C@H]2C1. The summed E-state index contributed by atoms with van der Waals surface area (Å²) in [5.74, 6) is -3.35. The Hall–Kier alpha value is -3.48. The topological polar surface area (TPSA) is 110 Å². The van der Waals surface area contributed by atoms with Crippen molar-refractivity contribution in [3.63, 3.8) is 0 Å². The molecule has 13 heteroatoms. The number of pyridine rings is 1. The van der Waals surface area contributed by atoms with E-state index in [0.29, 0.717) is 13.1 Å². The zero-order valence-corrected chi connectivity index (χ0v) is 23.7. The van der Waals surface area contributed by atoms with E-state index in [1.54, 1.807) is 9.80 Å². The van der Waals surface area contributed by atoms with Crippen molar-refractivity contribution in [1.82, 2.24) is 25.4 Å². The van der Waals surface area contributed by atoms with Crippen molar-refractivity contribution in [1.29, 1.82) is 0 Å². The van der Waals surface area contributed by atoms with Gasteiger partial charge in [0.2, 0.25) is 5.91 Å². The van der Waals surface area contributed by atoms with Crippen LogP contribution in [0.1, 0.15) is 23.7 Å². The van der Waals surface area contributed by atoms with Gasteiger partial charge in [0.15, 0.2) is 17.3 Å². The largest absolute Gasteiger partial charge is 0.504 e. The number of halogens is 3. The first kappa shape index (κ1) is 29.0. The number of phenolic OH excluding ortho intramolecular Hbond substituents is 1. The number of carbonyl (C=O) groups is 2. The van der Waals surface area contributed by atoms with E-state index in [2.05, 4.69) is 22.2 Å². The molecule has 3 aliphatic heterocycles. The molecule has 1 aromatic carbocycles. The minimum absolute atomic E-state index is 0.00361. The van der Waals surface area contributed by atoms with Crippen LogP contribution in [0.15, 0.2) is 24.8 Å². The molecule has 0 aliphatic carbocycles. The second-order valence-electron chi connectivity index (χ2n) is 10.5. The lowest BCUT2D eigenvalue weighted by Gasteiger charge is -2.39. The number of nitrogens with one attached hydrogen (secondary N) is 2. The lowest BCUT2D eigenvalue weighted by molar-refractivity contribution is -0.128. The summed E-state index contributed by atoms with van der Waals surface area (Å²) in [6, 6.07) is 1.21. The number of benzene rings is 1. The molecule has 41 heavy (non-hydrogen) atoms. The number of aromatic nitrogens is 1. The molecule has 3 atom stereocenters. The molecule has 10 nitrogen and oxygen atoms in total. The maximum Gasteiger partial charge on any atom is 0.261 e. The summed E-state index contributed by atoms with van der Waals surface area (Å²) in [7, 11) is 1.87. The van der Waals surface area contributed by atoms with Gasteiger partial charge in [0.05, 0.1) is 11.6 Å². The van der Waals surface area contributed by atoms with Crippen molar-refractivity contribution in [2.75, 3.05) is 57.8 Å². The number of likely N-dealkylation sites (N-methyl/N-ethyl adjacent to an activating group) is 1. The monoisotopic (exact) mass is 590 g/mol. The molecule has 1 aromatic heterocycles. The summed E-state index contributed by atoms with van der Waals surface area (Å²) in [6.45, 7) is 8.35. The number of phenols is 1. The Bertz CT molecular complexity index is 1380. The summed E-state index contributed by atoms with van der Waals surface area (Å²) in [5.41, 5.74) is -0.635. The Labute approximate surface area is 241 Å². The molecule has 3 N–H and O–H groups in total. The predicted octanol–water partition coefficient (Wildman–Crippen LogP) is 2.39. The highest BCUT2D eigenvalue weighted by atomic mass is 35.5. The van der Waals surface area contributed by atoms with Crippen molar-refractivity contribution in [2.24, 2.45) is 0 Å². The summed E-state index contributed by atoms with van der Waals surface area (Å²) in [5, 5.41) is 16.9. The minimum Gasteiger partial charge on any atom is -0.504 e. The minimum atomic E-state index is -1.04. The predicted molar refractivity (Wildman–Crippen MR) is 151 cm³/mol. The number of amides is 2. The molecule has 0 saturated carbocycles. The maximum absolute atomic E-state index is 15.1. The van der Waals surface area contributed by atoms with Crippen LogP contribution in [0.2, 0.25) is 5.02 Å². The molecule has 4 heterocycles. The molecule has 1 unspecified atom stereocenters. The number of piperazine rings is 1. The number of anilines is 1. The van der Waals surface area contributed by atoms with Crippen molar-refractivity contribution < 1.29 is 28.2 Å². The standard InChI is InChI=1S/C28H33ClF2N6O4/c1-4-20(38)35-9-10-36-17(13-35)14-41-26-22(28(36)40)27(37-12-16(11-15(37)2)33-8-7-32-3)34-24(23(26)29)21-18(30)5-6-19(31)25(21)39/h4-6,15-17,32-33,39H,1,7-14H2,2-3H3/t15-,16?,17+/m0/s1. The first-order valence-electron chi connectivity index (χ1n) is 13.6. The number of hydrogen-bond acceptors (Lipinski definition) is 8. The van der Waals surface area contributed by atoms with Crippen LogP contribution in [0.25, 0.3) is 11.3 Å². The van der Waals surface area contributed by atoms with Gasteiger partial charge in [0, 0.05) is 51.4 Å². The fourth-order valence-electron chi connectivity index (χ4n) is 5.79. The van der Waals surface area contributed by atoms with Crippen LogP contribution in [0.5, 0.6) is 11.5 Å². The molecule has 2 fully saturated rings. The van der Waals surface area contributed by atoms with Gasteiger partial charge in [0.1, 0.15) is 34.5 Å². The van der Waals surface area contributed by atoms with Crippen LogP contribution < -0.4 is 20.3 Å². The Kier molecular flexibility index (Phi) is 8.35. The zero-order chi connectivity index (χ0) is 29.4.